The van der Waals surface area contributed by atoms with Crippen LogP contribution in [0.1, 0.15) is 35.6 Å². The summed E-state index contributed by atoms with van der Waals surface area (Å²) in [4.78, 5) is 16.9. The summed E-state index contributed by atoms with van der Waals surface area (Å²) in [5.74, 6) is 0.769. The Balaban J connectivity index is 1.51. The fraction of sp³-hybridized carbons (Fsp3) is 0.318. The lowest BCUT2D eigenvalue weighted by atomic mass is 9.91. The molecule has 6 N–H and O–H groups in total. The molecule has 2 fully saturated rings. The molecule has 0 saturated carbocycles. The average Bonchev–Trinajstić information content (AvgIpc) is 3.42. The number of amides is 1. The van der Waals surface area contributed by atoms with Gasteiger partial charge < -0.3 is 31.2 Å². The quantitative estimate of drug-likeness (QED) is 0.594. The number of carbonyl (C=O) groups is 1. The van der Waals surface area contributed by atoms with E-state index in [9.17, 15) is 9.90 Å². The number of ether oxygens (including phenoxy) is 1. The van der Waals surface area contributed by atoms with Gasteiger partial charge in [-0.05, 0) is 43.2 Å². The zero-order valence-corrected chi connectivity index (χ0v) is 16.2. The van der Waals surface area contributed by atoms with Crippen molar-refractivity contribution in [3.05, 3.63) is 59.8 Å². The van der Waals surface area contributed by atoms with Gasteiger partial charge in [0.15, 0.2) is 0 Å². The summed E-state index contributed by atoms with van der Waals surface area (Å²) in [6.07, 6.45) is 4.76. The third-order valence-electron chi connectivity index (χ3n) is 5.88. The maximum Gasteiger partial charge on any atom is 0.246 e. The summed E-state index contributed by atoms with van der Waals surface area (Å²) in [5.41, 5.74) is 14.8. The molecule has 2 atom stereocenters. The van der Waals surface area contributed by atoms with Crippen LogP contribution in [0.5, 0.6) is 5.75 Å². The molecule has 7 heteroatoms. The zero-order chi connectivity index (χ0) is 20.6. The van der Waals surface area contributed by atoms with Gasteiger partial charge in [-0.25, -0.2) is 0 Å². The number of nitrogens with two attached hydrogens (primary N) is 2. The van der Waals surface area contributed by atoms with Crippen molar-refractivity contribution in [3.8, 4) is 5.75 Å². The van der Waals surface area contributed by atoms with Gasteiger partial charge in [-0.3, -0.25) is 4.79 Å². The lowest BCUT2D eigenvalue weighted by Gasteiger charge is -2.22. The van der Waals surface area contributed by atoms with Crippen molar-refractivity contribution >= 4 is 23.5 Å². The van der Waals surface area contributed by atoms with E-state index in [0.717, 1.165) is 24.1 Å². The Bertz CT molecular complexity index is 980. The number of para-hydroxylation sites is 1. The fourth-order valence-electron chi connectivity index (χ4n) is 4.30. The number of nitrogens with zero attached hydrogens (tertiary/aromatic N) is 1. The van der Waals surface area contributed by atoms with E-state index in [2.05, 4.69) is 11.6 Å². The van der Waals surface area contributed by atoms with Crippen LogP contribution < -0.4 is 11.5 Å². The molecule has 3 heterocycles. The minimum absolute atomic E-state index is 0.0508. The van der Waals surface area contributed by atoms with E-state index >= 15 is 0 Å². The molecule has 2 unspecified atom stereocenters. The van der Waals surface area contributed by atoms with Crippen LogP contribution in [0.2, 0.25) is 0 Å². The van der Waals surface area contributed by atoms with Crippen LogP contribution >= 0.6 is 0 Å². The van der Waals surface area contributed by atoms with Gasteiger partial charge in [0, 0.05) is 35.0 Å². The average molecular weight is 394 g/mol. The number of phenolic OH excluding ortho intramolecular Hbond substituents is 1. The normalized spacial score (nSPS) is 24.3. The fourth-order valence-corrected chi connectivity index (χ4v) is 4.30. The van der Waals surface area contributed by atoms with Gasteiger partial charge in [0.05, 0.1) is 18.8 Å². The number of likely N-dealkylation sites (tertiary alicyclic amines) is 1. The van der Waals surface area contributed by atoms with E-state index in [1.54, 1.807) is 29.2 Å². The molecule has 4 rings (SSSR count). The molecule has 1 amide bonds. The maximum absolute atomic E-state index is 11.9. The Kier molecular flexibility index (Phi) is 4.84. The van der Waals surface area contributed by atoms with E-state index in [-0.39, 0.29) is 23.2 Å². The SMILES string of the molecule is C=CC(=O)N1CCC2(CC(c3cc(/C=C(\N)c4ccccc4O)c(N)[nH]3)CO2)C1. The molecule has 2 aromatic rings. The second kappa shape index (κ2) is 7.33. The highest BCUT2D eigenvalue weighted by atomic mass is 16.5. The number of carbonyl (C=O) groups excluding carboxylic acids is 1. The number of benzene rings is 1. The lowest BCUT2D eigenvalue weighted by Crippen LogP contribution is -2.34. The molecule has 1 aromatic carbocycles. The largest absolute Gasteiger partial charge is 0.507 e. The van der Waals surface area contributed by atoms with Gasteiger partial charge >= 0.3 is 0 Å². The first-order valence-electron chi connectivity index (χ1n) is 9.70. The first-order valence-corrected chi connectivity index (χ1v) is 9.70. The van der Waals surface area contributed by atoms with Crippen molar-refractivity contribution in [2.45, 2.75) is 24.4 Å². The molecule has 1 aromatic heterocycles. The van der Waals surface area contributed by atoms with Crippen molar-refractivity contribution in [1.82, 2.24) is 9.88 Å². The van der Waals surface area contributed by atoms with Crippen molar-refractivity contribution < 1.29 is 14.6 Å². The maximum atomic E-state index is 11.9. The third kappa shape index (κ3) is 3.61. The number of H-pyrrole nitrogens is 1. The minimum Gasteiger partial charge on any atom is -0.507 e. The number of aromatic hydroxyl groups is 1. The summed E-state index contributed by atoms with van der Waals surface area (Å²) >= 11 is 0. The number of phenols is 1. The Morgan fingerprint density at radius 3 is 2.97 bits per heavy atom. The second-order valence-corrected chi connectivity index (χ2v) is 7.82. The van der Waals surface area contributed by atoms with Crippen molar-refractivity contribution in [3.63, 3.8) is 0 Å². The van der Waals surface area contributed by atoms with Crippen LogP contribution in [0.4, 0.5) is 5.82 Å². The van der Waals surface area contributed by atoms with Crippen LogP contribution in [0, 0.1) is 0 Å². The summed E-state index contributed by atoms with van der Waals surface area (Å²) < 4.78 is 6.15. The third-order valence-corrected chi connectivity index (χ3v) is 5.88. The summed E-state index contributed by atoms with van der Waals surface area (Å²) in [5, 5.41) is 9.99. The molecular formula is C22H26N4O3. The standard InChI is InChI=1S/C22H26N4O3/c1-2-20(28)26-8-7-22(13-26)11-15(12-29-22)18-10-14(21(24)25-18)9-17(23)16-5-3-4-6-19(16)27/h2-6,9-10,15,25,27H,1,7-8,11-13,23-24H2/b17-9-. The first-order chi connectivity index (χ1) is 13.9. The smallest absolute Gasteiger partial charge is 0.246 e. The highest BCUT2D eigenvalue weighted by Gasteiger charge is 2.47. The molecule has 1 spiro atoms. The molecule has 0 bridgehead atoms. The second-order valence-electron chi connectivity index (χ2n) is 7.82. The molecule has 2 aliphatic heterocycles. The van der Waals surface area contributed by atoms with E-state index in [0.29, 0.717) is 36.8 Å². The Labute approximate surface area is 169 Å². The van der Waals surface area contributed by atoms with Gasteiger partial charge in [-0.1, -0.05) is 18.7 Å². The zero-order valence-electron chi connectivity index (χ0n) is 16.2. The topological polar surface area (TPSA) is 118 Å². The van der Waals surface area contributed by atoms with E-state index in [1.165, 1.54) is 6.08 Å². The van der Waals surface area contributed by atoms with Crippen molar-refractivity contribution in [2.75, 3.05) is 25.4 Å². The number of hydrogen-bond donors (Lipinski definition) is 4. The van der Waals surface area contributed by atoms with Gasteiger partial charge in [0.1, 0.15) is 11.6 Å². The van der Waals surface area contributed by atoms with Crippen LogP contribution in [-0.2, 0) is 9.53 Å². The Morgan fingerprint density at radius 2 is 2.21 bits per heavy atom. The molecule has 29 heavy (non-hydrogen) atoms. The van der Waals surface area contributed by atoms with Crippen LogP contribution in [0.3, 0.4) is 0 Å². The summed E-state index contributed by atoms with van der Waals surface area (Å²) in [6.45, 7) is 5.43. The molecular weight excluding hydrogens is 368 g/mol. The molecule has 2 saturated heterocycles. The first kappa shape index (κ1) is 19.1. The number of nitrogens with one attached hydrogen (secondary N) is 1. The number of anilines is 1. The van der Waals surface area contributed by atoms with Crippen molar-refractivity contribution in [1.29, 1.82) is 0 Å². The van der Waals surface area contributed by atoms with Crippen LogP contribution in [0.15, 0.2) is 43.0 Å². The number of nitrogen functional groups attached to an aromatic ring is 1. The number of hydrogen-bond acceptors (Lipinski definition) is 5. The predicted octanol–water partition coefficient (Wildman–Crippen LogP) is 2.42. The van der Waals surface area contributed by atoms with E-state index in [4.69, 9.17) is 16.2 Å². The number of aromatic nitrogens is 1. The summed E-state index contributed by atoms with van der Waals surface area (Å²) in [7, 11) is 0. The summed E-state index contributed by atoms with van der Waals surface area (Å²) in [6, 6.07) is 8.91. The predicted molar refractivity (Wildman–Crippen MR) is 113 cm³/mol. The Hall–Kier alpha value is -3.19. The molecule has 7 nitrogen and oxygen atoms in total. The minimum atomic E-state index is -0.298. The Morgan fingerprint density at radius 1 is 1.41 bits per heavy atom. The molecule has 2 aliphatic rings. The van der Waals surface area contributed by atoms with Gasteiger partial charge in [-0.15, -0.1) is 0 Å². The van der Waals surface area contributed by atoms with Crippen molar-refractivity contribution in [2.24, 2.45) is 5.73 Å². The molecule has 0 aliphatic carbocycles. The van der Waals surface area contributed by atoms with Crippen LogP contribution in [0.25, 0.3) is 11.8 Å². The monoisotopic (exact) mass is 394 g/mol. The van der Waals surface area contributed by atoms with Gasteiger partial charge in [0.25, 0.3) is 0 Å². The highest BCUT2D eigenvalue weighted by molar-refractivity contribution is 5.87. The van der Waals surface area contributed by atoms with E-state index < -0.39 is 0 Å². The molecule has 152 valence electrons. The lowest BCUT2D eigenvalue weighted by molar-refractivity contribution is -0.126. The molecule has 0 radical (unpaired) electrons. The number of aromatic amines is 1. The number of rotatable bonds is 4. The van der Waals surface area contributed by atoms with E-state index in [1.807, 2.05) is 12.1 Å². The highest BCUT2D eigenvalue weighted by Crippen LogP contribution is 2.42. The van der Waals surface area contributed by atoms with Crippen LogP contribution in [-0.4, -0.2) is 46.2 Å². The van der Waals surface area contributed by atoms with Gasteiger partial charge in [0.2, 0.25) is 5.91 Å². The van der Waals surface area contributed by atoms with Gasteiger partial charge in [-0.2, -0.15) is 0 Å².